The Hall–Kier alpha value is -1.84. The molecule has 0 N–H and O–H groups in total. The standard InChI is InChI=1S/C9H9NO3/c1-2-13-7-8-5-3-4-6-9(8)10(11)12/h2-6H,1,7H2. The van der Waals surface area contributed by atoms with E-state index in [9.17, 15) is 10.1 Å². The maximum absolute atomic E-state index is 10.5. The molecule has 0 aromatic heterocycles. The van der Waals surface area contributed by atoms with Crippen LogP contribution >= 0.6 is 0 Å². The third-order valence-electron chi connectivity index (χ3n) is 1.54. The van der Waals surface area contributed by atoms with Gasteiger partial charge in [0.25, 0.3) is 5.69 Å². The van der Waals surface area contributed by atoms with Crippen molar-refractivity contribution in [2.45, 2.75) is 6.61 Å². The Morgan fingerprint density at radius 1 is 1.54 bits per heavy atom. The molecule has 0 atom stereocenters. The largest absolute Gasteiger partial charge is 0.497 e. The summed E-state index contributed by atoms with van der Waals surface area (Å²) in [5, 5.41) is 10.5. The molecule has 0 radical (unpaired) electrons. The van der Waals surface area contributed by atoms with Crippen molar-refractivity contribution in [3.63, 3.8) is 0 Å². The van der Waals surface area contributed by atoms with E-state index in [1.165, 1.54) is 12.3 Å². The normalized spacial score (nSPS) is 9.23. The van der Waals surface area contributed by atoms with E-state index in [-0.39, 0.29) is 12.3 Å². The fourth-order valence-corrected chi connectivity index (χ4v) is 0.960. The first kappa shape index (κ1) is 9.25. The fourth-order valence-electron chi connectivity index (χ4n) is 0.960. The smallest absolute Gasteiger partial charge is 0.276 e. The number of nitro groups is 1. The summed E-state index contributed by atoms with van der Waals surface area (Å²) in [6.45, 7) is 3.54. The van der Waals surface area contributed by atoms with Gasteiger partial charge in [0, 0.05) is 6.07 Å². The van der Waals surface area contributed by atoms with Gasteiger partial charge in [-0.05, 0) is 6.07 Å². The molecule has 0 aliphatic rings. The summed E-state index contributed by atoms with van der Waals surface area (Å²) in [6.07, 6.45) is 1.26. The van der Waals surface area contributed by atoms with E-state index >= 15 is 0 Å². The van der Waals surface area contributed by atoms with Crippen LogP contribution in [0.15, 0.2) is 37.1 Å². The Labute approximate surface area is 75.6 Å². The Balaban J connectivity index is 2.90. The lowest BCUT2D eigenvalue weighted by atomic mass is 10.2. The number of nitro benzene ring substituents is 1. The van der Waals surface area contributed by atoms with E-state index in [0.29, 0.717) is 5.56 Å². The summed E-state index contributed by atoms with van der Waals surface area (Å²) in [4.78, 5) is 10.1. The van der Waals surface area contributed by atoms with E-state index in [1.54, 1.807) is 18.2 Å². The van der Waals surface area contributed by atoms with Crippen LogP contribution < -0.4 is 0 Å². The topological polar surface area (TPSA) is 52.4 Å². The van der Waals surface area contributed by atoms with Gasteiger partial charge in [-0.1, -0.05) is 18.7 Å². The Morgan fingerprint density at radius 3 is 2.85 bits per heavy atom. The van der Waals surface area contributed by atoms with E-state index in [0.717, 1.165) is 0 Å². The van der Waals surface area contributed by atoms with Gasteiger partial charge in [-0.2, -0.15) is 0 Å². The number of hydrogen-bond acceptors (Lipinski definition) is 3. The molecule has 0 saturated carbocycles. The molecule has 1 aromatic rings. The molecule has 4 heteroatoms. The fraction of sp³-hybridized carbons (Fsp3) is 0.111. The number of hydrogen-bond donors (Lipinski definition) is 0. The molecule has 4 nitrogen and oxygen atoms in total. The summed E-state index contributed by atoms with van der Waals surface area (Å²) in [7, 11) is 0. The molecule has 68 valence electrons. The maximum Gasteiger partial charge on any atom is 0.276 e. The van der Waals surface area contributed by atoms with Crippen molar-refractivity contribution in [3.8, 4) is 0 Å². The number of para-hydroxylation sites is 1. The van der Waals surface area contributed by atoms with E-state index in [1.807, 2.05) is 0 Å². The van der Waals surface area contributed by atoms with Gasteiger partial charge in [-0.3, -0.25) is 10.1 Å². The molecule has 0 fully saturated rings. The molecule has 0 aliphatic heterocycles. The summed E-state index contributed by atoms with van der Waals surface area (Å²) in [5.74, 6) is 0. The van der Waals surface area contributed by atoms with Crippen LogP contribution in [0.4, 0.5) is 5.69 Å². The molecule has 0 spiro atoms. The van der Waals surface area contributed by atoms with Crippen molar-refractivity contribution < 1.29 is 9.66 Å². The van der Waals surface area contributed by atoms with Crippen LogP contribution in [0.25, 0.3) is 0 Å². The van der Waals surface area contributed by atoms with Crippen LogP contribution in [-0.4, -0.2) is 4.92 Å². The number of ether oxygens (including phenoxy) is 1. The monoisotopic (exact) mass is 179 g/mol. The quantitative estimate of drug-likeness (QED) is 0.404. The Morgan fingerprint density at radius 2 is 2.23 bits per heavy atom. The predicted octanol–water partition coefficient (Wildman–Crippen LogP) is 2.25. The number of benzene rings is 1. The van der Waals surface area contributed by atoms with Gasteiger partial charge in [-0.25, -0.2) is 0 Å². The second-order valence-corrected chi connectivity index (χ2v) is 2.36. The average Bonchev–Trinajstić information content (AvgIpc) is 2.15. The van der Waals surface area contributed by atoms with Gasteiger partial charge in [-0.15, -0.1) is 0 Å². The molecule has 0 saturated heterocycles. The highest BCUT2D eigenvalue weighted by atomic mass is 16.6. The molecule has 0 bridgehead atoms. The van der Waals surface area contributed by atoms with Gasteiger partial charge >= 0.3 is 0 Å². The van der Waals surface area contributed by atoms with Gasteiger partial charge in [0.1, 0.15) is 6.61 Å². The minimum atomic E-state index is -0.429. The lowest BCUT2D eigenvalue weighted by molar-refractivity contribution is -0.385. The molecular weight excluding hydrogens is 170 g/mol. The zero-order chi connectivity index (χ0) is 9.68. The lowest BCUT2D eigenvalue weighted by Gasteiger charge is -2.01. The van der Waals surface area contributed by atoms with Crippen LogP contribution in [0.5, 0.6) is 0 Å². The molecule has 0 aliphatic carbocycles. The highest BCUT2D eigenvalue weighted by molar-refractivity contribution is 5.39. The van der Waals surface area contributed by atoms with Crippen LogP contribution in [0.1, 0.15) is 5.56 Å². The maximum atomic E-state index is 10.5. The predicted molar refractivity (Wildman–Crippen MR) is 48.1 cm³/mol. The molecule has 0 heterocycles. The molecule has 13 heavy (non-hydrogen) atoms. The van der Waals surface area contributed by atoms with Crippen molar-refractivity contribution in [1.29, 1.82) is 0 Å². The first-order valence-corrected chi connectivity index (χ1v) is 3.70. The van der Waals surface area contributed by atoms with Gasteiger partial charge < -0.3 is 4.74 Å². The molecular formula is C9H9NO3. The second kappa shape index (κ2) is 4.25. The summed E-state index contributed by atoms with van der Waals surface area (Å²) in [5.41, 5.74) is 0.622. The minimum Gasteiger partial charge on any atom is -0.497 e. The number of nitrogens with zero attached hydrogens (tertiary/aromatic N) is 1. The van der Waals surface area contributed by atoms with Crippen molar-refractivity contribution in [1.82, 2.24) is 0 Å². The van der Waals surface area contributed by atoms with E-state index < -0.39 is 4.92 Å². The lowest BCUT2D eigenvalue weighted by Crippen LogP contribution is -1.95. The Kier molecular flexibility index (Phi) is 3.03. The highest BCUT2D eigenvalue weighted by Gasteiger charge is 2.11. The van der Waals surface area contributed by atoms with Gasteiger partial charge in [0.2, 0.25) is 0 Å². The zero-order valence-electron chi connectivity index (χ0n) is 6.97. The van der Waals surface area contributed by atoms with Gasteiger partial charge in [0.05, 0.1) is 16.7 Å². The highest BCUT2D eigenvalue weighted by Crippen LogP contribution is 2.18. The zero-order valence-corrected chi connectivity index (χ0v) is 6.97. The van der Waals surface area contributed by atoms with Crippen molar-refractivity contribution in [2.24, 2.45) is 0 Å². The summed E-state index contributed by atoms with van der Waals surface area (Å²) in [6, 6.07) is 6.45. The molecule has 1 aromatic carbocycles. The van der Waals surface area contributed by atoms with Gasteiger partial charge in [0.15, 0.2) is 0 Å². The molecule has 0 unspecified atom stereocenters. The van der Waals surface area contributed by atoms with Crippen LogP contribution in [0, 0.1) is 10.1 Å². The van der Waals surface area contributed by atoms with Crippen molar-refractivity contribution >= 4 is 5.69 Å². The van der Waals surface area contributed by atoms with Crippen molar-refractivity contribution in [2.75, 3.05) is 0 Å². The third kappa shape index (κ3) is 2.30. The van der Waals surface area contributed by atoms with Crippen LogP contribution in [0.2, 0.25) is 0 Å². The first-order valence-electron chi connectivity index (χ1n) is 3.70. The van der Waals surface area contributed by atoms with Crippen LogP contribution in [-0.2, 0) is 11.3 Å². The van der Waals surface area contributed by atoms with E-state index in [4.69, 9.17) is 4.74 Å². The average molecular weight is 179 g/mol. The molecule has 1 rings (SSSR count). The number of rotatable bonds is 4. The van der Waals surface area contributed by atoms with Crippen LogP contribution in [0.3, 0.4) is 0 Å². The second-order valence-electron chi connectivity index (χ2n) is 2.36. The SMILES string of the molecule is C=COCc1ccccc1[N+](=O)[O-]. The third-order valence-corrected chi connectivity index (χ3v) is 1.54. The molecule has 0 amide bonds. The van der Waals surface area contributed by atoms with Crippen molar-refractivity contribution in [3.05, 3.63) is 52.8 Å². The first-order chi connectivity index (χ1) is 6.25. The summed E-state index contributed by atoms with van der Waals surface area (Å²) < 4.78 is 4.87. The van der Waals surface area contributed by atoms with E-state index in [2.05, 4.69) is 6.58 Å². The minimum absolute atomic E-state index is 0.0735. The Bertz CT molecular complexity index is 322. The summed E-state index contributed by atoms with van der Waals surface area (Å²) >= 11 is 0.